The minimum atomic E-state index is -4.26. The molecule has 0 aliphatic heterocycles. The number of phosphoric acid groups is 1. The average Bonchev–Trinajstić information content (AvgIpc) is 2.02. The molecule has 7 heteroatoms. The molecule has 0 aromatic rings. The molecule has 0 aliphatic rings. The molecule has 0 saturated heterocycles. The van der Waals surface area contributed by atoms with Crippen LogP contribution in [0.15, 0.2) is 0 Å². The minimum absolute atomic E-state index is 0.207. The van der Waals surface area contributed by atoms with Gasteiger partial charge in [-0.15, -0.1) is 0 Å². The third-order valence-electron chi connectivity index (χ3n) is 1.46. The van der Waals surface area contributed by atoms with Gasteiger partial charge in [-0.3, -0.25) is 9.42 Å². The highest BCUT2D eigenvalue weighted by Crippen LogP contribution is 2.42. The summed E-state index contributed by atoms with van der Waals surface area (Å²) in [4.78, 5) is 19.9. The van der Waals surface area contributed by atoms with Gasteiger partial charge in [0.2, 0.25) is 0 Å². The van der Waals surface area contributed by atoms with E-state index in [1.165, 1.54) is 0 Å². The Balaban J connectivity index is 4.15. The Hall–Kier alpha value is -0.420. The molecule has 0 heterocycles. The maximum atomic E-state index is 11.1. The highest BCUT2D eigenvalue weighted by molar-refractivity contribution is 7.48. The lowest BCUT2D eigenvalue weighted by Crippen LogP contribution is -2.33. The van der Waals surface area contributed by atoms with E-state index in [1.807, 2.05) is 13.8 Å². The first-order valence-electron chi connectivity index (χ1n) is 4.16. The van der Waals surface area contributed by atoms with Crippen molar-refractivity contribution in [2.45, 2.75) is 26.3 Å². The van der Waals surface area contributed by atoms with Crippen LogP contribution in [-0.4, -0.2) is 24.0 Å². The predicted molar refractivity (Wildman–Crippen MR) is 50.4 cm³/mol. The van der Waals surface area contributed by atoms with Gasteiger partial charge in [0.25, 0.3) is 0 Å². The zero-order chi connectivity index (χ0) is 11.4. The molecular weight excluding hydrogens is 209 g/mol. The largest absolute Gasteiger partial charge is 0.529 e. The van der Waals surface area contributed by atoms with Crippen molar-refractivity contribution in [2.24, 2.45) is 11.7 Å². The fourth-order valence-electron chi connectivity index (χ4n) is 0.823. The molecule has 0 aliphatic carbocycles. The normalized spacial score (nSPS) is 17.6. The van der Waals surface area contributed by atoms with Crippen molar-refractivity contribution in [3.63, 3.8) is 0 Å². The topological polar surface area (TPSA) is 98.9 Å². The second-order valence-corrected chi connectivity index (χ2v) is 4.78. The molecule has 0 fully saturated rings. The van der Waals surface area contributed by atoms with Crippen LogP contribution in [0.2, 0.25) is 0 Å². The van der Waals surface area contributed by atoms with Gasteiger partial charge >= 0.3 is 13.8 Å². The van der Waals surface area contributed by atoms with E-state index in [0.717, 1.165) is 7.11 Å². The molecule has 0 bridgehead atoms. The Labute approximate surface area is 83.0 Å². The van der Waals surface area contributed by atoms with Crippen molar-refractivity contribution in [3.8, 4) is 0 Å². The van der Waals surface area contributed by atoms with Crippen LogP contribution in [0.4, 0.5) is 0 Å². The minimum Gasteiger partial charge on any atom is -0.369 e. The van der Waals surface area contributed by atoms with Crippen molar-refractivity contribution in [2.75, 3.05) is 7.11 Å². The zero-order valence-electron chi connectivity index (χ0n) is 8.47. The van der Waals surface area contributed by atoms with Gasteiger partial charge in [-0.2, -0.15) is 0 Å². The van der Waals surface area contributed by atoms with Crippen LogP contribution in [0.3, 0.4) is 0 Å². The van der Waals surface area contributed by atoms with Gasteiger partial charge in [-0.1, -0.05) is 13.8 Å². The fourth-order valence-corrected chi connectivity index (χ4v) is 1.26. The molecule has 6 nitrogen and oxygen atoms in total. The lowest BCUT2D eigenvalue weighted by Gasteiger charge is -2.14. The van der Waals surface area contributed by atoms with E-state index in [2.05, 4.69) is 9.05 Å². The summed E-state index contributed by atoms with van der Waals surface area (Å²) in [6.45, 7) is 3.75. The molecule has 0 aromatic heterocycles. The van der Waals surface area contributed by atoms with Gasteiger partial charge in [0.15, 0.2) is 0 Å². The van der Waals surface area contributed by atoms with E-state index in [9.17, 15) is 9.36 Å². The number of phosphoric ester groups is 1. The number of carbonyl (C=O) groups is 1. The average molecular weight is 225 g/mol. The number of carbonyl (C=O) groups excluding carboxylic acids is 1. The van der Waals surface area contributed by atoms with E-state index in [0.29, 0.717) is 6.42 Å². The summed E-state index contributed by atoms with van der Waals surface area (Å²) in [5, 5.41) is 0. The summed E-state index contributed by atoms with van der Waals surface area (Å²) in [5.41, 5.74) is 5.42. The van der Waals surface area contributed by atoms with Crippen LogP contribution in [0.25, 0.3) is 0 Å². The first kappa shape index (κ1) is 13.6. The van der Waals surface area contributed by atoms with Gasteiger partial charge in [-0.05, 0) is 12.3 Å². The molecule has 0 saturated carbocycles. The van der Waals surface area contributed by atoms with Crippen LogP contribution in [0.1, 0.15) is 20.3 Å². The van der Waals surface area contributed by atoms with Gasteiger partial charge in [-0.25, -0.2) is 9.36 Å². The summed E-state index contributed by atoms with van der Waals surface area (Å²) in [6.07, 6.45) is 0.391. The third-order valence-corrected chi connectivity index (χ3v) is 2.34. The summed E-state index contributed by atoms with van der Waals surface area (Å²) in [6, 6.07) is -0.898. The van der Waals surface area contributed by atoms with E-state index in [1.54, 1.807) is 0 Å². The molecular formula is C7H16NO5P. The second kappa shape index (κ2) is 5.46. The van der Waals surface area contributed by atoms with Gasteiger partial charge < -0.3 is 10.3 Å². The Kier molecular flexibility index (Phi) is 5.29. The lowest BCUT2D eigenvalue weighted by molar-refractivity contribution is -0.137. The Bertz CT molecular complexity index is 242. The Morgan fingerprint density at radius 1 is 1.57 bits per heavy atom. The van der Waals surface area contributed by atoms with E-state index < -0.39 is 19.8 Å². The molecule has 0 rings (SSSR count). The highest BCUT2D eigenvalue weighted by Gasteiger charge is 2.27. The maximum absolute atomic E-state index is 11.1. The Morgan fingerprint density at radius 2 is 2.07 bits per heavy atom. The monoisotopic (exact) mass is 225 g/mol. The molecule has 0 aromatic carbocycles. The Morgan fingerprint density at radius 3 is 2.43 bits per heavy atom. The van der Waals surface area contributed by atoms with Crippen molar-refractivity contribution < 1.29 is 23.3 Å². The SMILES string of the molecule is COP(=O)(O)OC(=O)[C@@H](N)CC(C)C. The summed E-state index contributed by atoms with van der Waals surface area (Å²) in [7, 11) is -3.28. The number of hydrogen-bond donors (Lipinski definition) is 2. The van der Waals surface area contributed by atoms with Crippen molar-refractivity contribution in [1.82, 2.24) is 0 Å². The molecule has 3 N–H and O–H groups in total. The summed E-state index contributed by atoms with van der Waals surface area (Å²) in [5.74, 6) is -0.718. The predicted octanol–water partition coefficient (Wildman–Crippen LogP) is 0.650. The molecule has 0 amide bonds. The van der Waals surface area contributed by atoms with Gasteiger partial charge in [0, 0.05) is 7.11 Å². The second-order valence-electron chi connectivity index (χ2n) is 3.30. The number of rotatable bonds is 5. The number of hydrogen-bond acceptors (Lipinski definition) is 5. The van der Waals surface area contributed by atoms with Crippen LogP contribution in [-0.2, 0) is 18.4 Å². The highest BCUT2D eigenvalue weighted by atomic mass is 31.2. The van der Waals surface area contributed by atoms with Crippen LogP contribution < -0.4 is 5.73 Å². The standard InChI is InChI=1S/C7H16NO5P/c1-5(2)4-6(8)7(9)13-14(10,11)12-3/h5-6H,4,8H2,1-3H3,(H,10,11)/t6-/m0/s1. The molecule has 0 radical (unpaired) electrons. The first-order valence-corrected chi connectivity index (χ1v) is 5.65. The molecule has 84 valence electrons. The van der Waals surface area contributed by atoms with Gasteiger partial charge in [0.1, 0.15) is 6.04 Å². The van der Waals surface area contributed by atoms with Crippen LogP contribution in [0.5, 0.6) is 0 Å². The first-order chi connectivity index (χ1) is 6.28. The number of nitrogens with two attached hydrogens (primary N) is 1. The summed E-state index contributed by atoms with van der Waals surface area (Å²) >= 11 is 0. The summed E-state index contributed by atoms with van der Waals surface area (Å²) < 4.78 is 19.1. The quantitative estimate of drug-likeness (QED) is 0.666. The maximum Gasteiger partial charge on any atom is 0.529 e. The van der Waals surface area contributed by atoms with Crippen molar-refractivity contribution >= 4 is 13.8 Å². The van der Waals surface area contributed by atoms with Gasteiger partial charge in [0.05, 0.1) is 0 Å². The van der Waals surface area contributed by atoms with Crippen molar-refractivity contribution in [3.05, 3.63) is 0 Å². The van der Waals surface area contributed by atoms with E-state index in [-0.39, 0.29) is 5.92 Å². The van der Waals surface area contributed by atoms with Crippen LogP contribution in [0, 0.1) is 5.92 Å². The molecule has 1 unspecified atom stereocenters. The molecule has 2 atom stereocenters. The van der Waals surface area contributed by atoms with E-state index in [4.69, 9.17) is 10.6 Å². The van der Waals surface area contributed by atoms with Crippen LogP contribution >= 0.6 is 7.82 Å². The zero-order valence-corrected chi connectivity index (χ0v) is 9.36. The third kappa shape index (κ3) is 5.34. The van der Waals surface area contributed by atoms with E-state index >= 15 is 0 Å². The lowest BCUT2D eigenvalue weighted by atomic mass is 10.1. The fraction of sp³-hybridized carbons (Fsp3) is 0.857. The smallest absolute Gasteiger partial charge is 0.369 e. The molecule has 0 spiro atoms. The molecule has 14 heavy (non-hydrogen) atoms. The van der Waals surface area contributed by atoms with Crippen molar-refractivity contribution in [1.29, 1.82) is 0 Å².